The van der Waals surface area contributed by atoms with E-state index in [1.54, 1.807) is 0 Å². The Bertz CT molecular complexity index is 669. The zero-order valence-corrected chi connectivity index (χ0v) is 13.5. The number of benzene rings is 1. The highest BCUT2D eigenvalue weighted by molar-refractivity contribution is 5.86. The fraction of sp³-hybridized carbons (Fsp3) is 0.444. The molecule has 1 aromatic heterocycles. The van der Waals surface area contributed by atoms with E-state index < -0.39 is 0 Å². The quantitative estimate of drug-likeness (QED) is 0.802. The molecule has 2 rings (SSSR count). The second-order valence-corrected chi connectivity index (χ2v) is 6.45. The second-order valence-electron chi connectivity index (χ2n) is 6.45. The normalized spacial score (nSPS) is 11.7. The molecule has 3 nitrogen and oxygen atoms in total. The van der Waals surface area contributed by atoms with E-state index in [0.29, 0.717) is 12.8 Å². The lowest BCUT2D eigenvalue weighted by Crippen LogP contribution is -2.13. The van der Waals surface area contributed by atoms with Gasteiger partial charge in [0.2, 0.25) is 0 Å². The molecule has 21 heavy (non-hydrogen) atoms. The molecule has 0 atom stereocenters. The molecule has 0 spiro atoms. The van der Waals surface area contributed by atoms with Crippen LogP contribution < -0.4 is 0 Å². The molecular formula is C18H23NO2. The van der Waals surface area contributed by atoms with E-state index in [9.17, 15) is 4.79 Å². The van der Waals surface area contributed by atoms with Crippen LogP contribution in [0.25, 0.3) is 10.9 Å². The van der Waals surface area contributed by atoms with Crippen molar-refractivity contribution >= 4 is 16.9 Å². The van der Waals surface area contributed by atoms with E-state index in [2.05, 4.69) is 45.0 Å². The van der Waals surface area contributed by atoms with Gasteiger partial charge < -0.3 is 4.74 Å². The Morgan fingerprint density at radius 1 is 1.29 bits per heavy atom. The minimum absolute atomic E-state index is 0.0416. The highest BCUT2D eigenvalue weighted by Gasteiger charge is 2.19. The first kappa shape index (κ1) is 15.5. The van der Waals surface area contributed by atoms with Crippen molar-refractivity contribution in [1.82, 2.24) is 4.98 Å². The van der Waals surface area contributed by atoms with Gasteiger partial charge in [-0.05, 0) is 36.0 Å². The van der Waals surface area contributed by atoms with Gasteiger partial charge in [0.05, 0.1) is 12.6 Å². The standard InChI is InChI=1S/C18H23NO2/c1-12-11-13(9-10-16(20)21-5)14-7-6-8-15(17(14)19-12)18(2,3)4/h6-8,11H,9-10H2,1-5H3. The Morgan fingerprint density at radius 3 is 2.62 bits per heavy atom. The number of carbonyl (C=O) groups excluding carboxylic acids is 1. The number of ether oxygens (including phenoxy) is 1. The number of methoxy groups -OCH3 is 1. The number of carbonyl (C=O) groups is 1. The molecule has 0 aliphatic heterocycles. The Labute approximate surface area is 126 Å². The lowest BCUT2D eigenvalue weighted by molar-refractivity contribution is -0.140. The van der Waals surface area contributed by atoms with Crippen LogP contribution in [0, 0.1) is 6.92 Å². The molecule has 0 fully saturated rings. The van der Waals surface area contributed by atoms with E-state index in [1.807, 2.05) is 6.92 Å². The Hall–Kier alpha value is -1.90. The number of aromatic nitrogens is 1. The predicted molar refractivity (Wildman–Crippen MR) is 85.5 cm³/mol. The van der Waals surface area contributed by atoms with Crippen LogP contribution >= 0.6 is 0 Å². The van der Waals surface area contributed by atoms with Crippen molar-refractivity contribution in [3.63, 3.8) is 0 Å². The summed E-state index contributed by atoms with van der Waals surface area (Å²) in [6.07, 6.45) is 1.08. The Kier molecular flexibility index (Phi) is 4.31. The van der Waals surface area contributed by atoms with Crippen LogP contribution in [0.3, 0.4) is 0 Å². The van der Waals surface area contributed by atoms with Crippen molar-refractivity contribution in [2.75, 3.05) is 7.11 Å². The number of hydrogen-bond acceptors (Lipinski definition) is 3. The zero-order valence-electron chi connectivity index (χ0n) is 13.5. The number of para-hydroxylation sites is 1. The van der Waals surface area contributed by atoms with Crippen molar-refractivity contribution in [1.29, 1.82) is 0 Å². The molecule has 0 bridgehead atoms. The summed E-state index contributed by atoms with van der Waals surface area (Å²) in [5.41, 5.74) is 4.47. The largest absolute Gasteiger partial charge is 0.469 e. The third kappa shape index (κ3) is 3.41. The Morgan fingerprint density at radius 2 is 2.00 bits per heavy atom. The van der Waals surface area contributed by atoms with Crippen molar-refractivity contribution in [3.8, 4) is 0 Å². The van der Waals surface area contributed by atoms with Crippen molar-refractivity contribution in [2.45, 2.75) is 46.0 Å². The van der Waals surface area contributed by atoms with E-state index in [-0.39, 0.29) is 11.4 Å². The van der Waals surface area contributed by atoms with E-state index in [1.165, 1.54) is 12.7 Å². The van der Waals surface area contributed by atoms with E-state index in [0.717, 1.165) is 22.2 Å². The summed E-state index contributed by atoms with van der Waals surface area (Å²) in [5.74, 6) is -0.176. The number of rotatable bonds is 3. The van der Waals surface area contributed by atoms with Crippen LogP contribution in [-0.4, -0.2) is 18.1 Å². The van der Waals surface area contributed by atoms with Gasteiger partial charge in [0.25, 0.3) is 0 Å². The molecule has 0 amide bonds. The highest BCUT2D eigenvalue weighted by atomic mass is 16.5. The molecule has 3 heteroatoms. The predicted octanol–water partition coefficient (Wildman–Crippen LogP) is 3.95. The summed E-state index contributed by atoms with van der Waals surface area (Å²) in [6, 6.07) is 8.36. The van der Waals surface area contributed by atoms with Gasteiger partial charge >= 0.3 is 5.97 Å². The number of nitrogens with zero attached hydrogens (tertiary/aromatic N) is 1. The summed E-state index contributed by atoms with van der Waals surface area (Å²) in [5, 5.41) is 1.14. The number of pyridine rings is 1. The van der Waals surface area contributed by atoms with Gasteiger partial charge in [-0.3, -0.25) is 9.78 Å². The second kappa shape index (κ2) is 5.84. The van der Waals surface area contributed by atoms with Crippen molar-refractivity contribution in [3.05, 3.63) is 41.1 Å². The summed E-state index contributed by atoms with van der Waals surface area (Å²) < 4.78 is 4.74. The third-order valence-corrected chi connectivity index (χ3v) is 3.69. The lowest BCUT2D eigenvalue weighted by atomic mass is 9.84. The molecule has 112 valence electrons. The topological polar surface area (TPSA) is 39.2 Å². The molecule has 0 radical (unpaired) electrons. The first-order chi connectivity index (χ1) is 9.82. The van der Waals surface area contributed by atoms with Crippen LogP contribution in [0.2, 0.25) is 0 Å². The van der Waals surface area contributed by atoms with Gasteiger partial charge in [0.1, 0.15) is 0 Å². The van der Waals surface area contributed by atoms with Gasteiger partial charge in [-0.2, -0.15) is 0 Å². The maximum absolute atomic E-state index is 11.4. The summed E-state index contributed by atoms with van der Waals surface area (Å²) in [7, 11) is 1.43. The monoisotopic (exact) mass is 285 g/mol. The summed E-state index contributed by atoms with van der Waals surface area (Å²) >= 11 is 0. The minimum atomic E-state index is -0.176. The average molecular weight is 285 g/mol. The van der Waals surface area contributed by atoms with Gasteiger partial charge in [-0.25, -0.2) is 0 Å². The summed E-state index contributed by atoms with van der Waals surface area (Å²) in [4.78, 5) is 16.1. The highest BCUT2D eigenvalue weighted by Crippen LogP contribution is 2.31. The van der Waals surface area contributed by atoms with Gasteiger partial charge in [0.15, 0.2) is 0 Å². The fourth-order valence-electron chi connectivity index (χ4n) is 2.61. The Balaban J connectivity index is 2.55. The lowest BCUT2D eigenvalue weighted by Gasteiger charge is -2.21. The van der Waals surface area contributed by atoms with Crippen molar-refractivity contribution < 1.29 is 9.53 Å². The van der Waals surface area contributed by atoms with Gasteiger partial charge in [-0.15, -0.1) is 0 Å². The number of esters is 1. The maximum Gasteiger partial charge on any atom is 0.305 e. The number of hydrogen-bond donors (Lipinski definition) is 0. The molecule has 0 aliphatic carbocycles. The third-order valence-electron chi connectivity index (χ3n) is 3.69. The first-order valence-corrected chi connectivity index (χ1v) is 7.29. The number of aryl methyl sites for hydroxylation is 2. The minimum Gasteiger partial charge on any atom is -0.469 e. The first-order valence-electron chi connectivity index (χ1n) is 7.29. The van der Waals surface area contributed by atoms with Gasteiger partial charge in [-0.1, -0.05) is 39.0 Å². The molecular weight excluding hydrogens is 262 g/mol. The van der Waals surface area contributed by atoms with Crippen molar-refractivity contribution in [2.24, 2.45) is 0 Å². The zero-order chi connectivity index (χ0) is 15.6. The smallest absolute Gasteiger partial charge is 0.305 e. The molecule has 1 aromatic carbocycles. The molecule has 0 saturated carbocycles. The van der Waals surface area contributed by atoms with Crippen LogP contribution in [0.15, 0.2) is 24.3 Å². The number of fused-ring (bicyclic) bond motifs is 1. The van der Waals surface area contributed by atoms with Gasteiger partial charge in [0, 0.05) is 17.5 Å². The average Bonchev–Trinajstić information content (AvgIpc) is 2.42. The van der Waals surface area contributed by atoms with Crippen LogP contribution in [-0.2, 0) is 21.4 Å². The molecule has 0 aliphatic rings. The van der Waals surface area contributed by atoms with Crippen LogP contribution in [0.1, 0.15) is 44.0 Å². The SMILES string of the molecule is COC(=O)CCc1cc(C)nc2c(C(C)(C)C)cccc12. The maximum atomic E-state index is 11.4. The van der Waals surface area contributed by atoms with Crippen LogP contribution in [0.4, 0.5) is 0 Å². The summed E-state index contributed by atoms with van der Waals surface area (Å²) in [6.45, 7) is 8.58. The fourth-order valence-corrected chi connectivity index (χ4v) is 2.61. The molecule has 0 unspecified atom stereocenters. The molecule has 2 aromatic rings. The van der Waals surface area contributed by atoms with E-state index >= 15 is 0 Å². The van der Waals surface area contributed by atoms with Crippen LogP contribution in [0.5, 0.6) is 0 Å². The molecule has 1 heterocycles. The molecule has 0 saturated heterocycles. The molecule has 0 N–H and O–H groups in total. The van der Waals surface area contributed by atoms with E-state index in [4.69, 9.17) is 9.72 Å².